The number of fused-ring (bicyclic) bond motifs is 1. The lowest BCUT2D eigenvalue weighted by Crippen LogP contribution is -2.12. The zero-order chi connectivity index (χ0) is 18.7. The van der Waals surface area contributed by atoms with Crippen LogP contribution in [-0.4, -0.2) is 26.8 Å². The van der Waals surface area contributed by atoms with Gasteiger partial charge in [0, 0.05) is 23.5 Å². The number of amides is 1. The van der Waals surface area contributed by atoms with Crippen LogP contribution in [0, 0.1) is 0 Å². The minimum atomic E-state index is -0.953. The summed E-state index contributed by atoms with van der Waals surface area (Å²) in [6.45, 7) is 4.13. The average molecular weight is 351 g/mol. The van der Waals surface area contributed by atoms with Crippen molar-refractivity contribution in [2.75, 3.05) is 5.32 Å². The molecule has 2 aromatic carbocycles. The van der Waals surface area contributed by atoms with Gasteiger partial charge in [0.1, 0.15) is 0 Å². The molecule has 0 aliphatic rings. The first-order chi connectivity index (χ1) is 12.4. The van der Waals surface area contributed by atoms with Crippen molar-refractivity contribution in [1.29, 1.82) is 0 Å². The van der Waals surface area contributed by atoms with E-state index in [0.717, 1.165) is 22.2 Å². The van der Waals surface area contributed by atoms with Crippen molar-refractivity contribution >= 4 is 28.5 Å². The summed E-state index contributed by atoms with van der Waals surface area (Å²) >= 11 is 0. The second kappa shape index (κ2) is 7.39. The molecule has 0 spiro atoms. The number of hydrogen-bond donors (Lipinski definition) is 2. The van der Waals surface area contributed by atoms with Crippen LogP contribution in [0.4, 0.5) is 5.69 Å². The van der Waals surface area contributed by atoms with Crippen molar-refractivity contribution in [3.05, 3.63) is 59.8 Å². The summed E-state index contributed by atoms with van der Waals surface area (Å²) in [5.41, 5.74) is 2.90. The number of carboxylic acid groups (broad SMARTS) is 1. The van der Waals surface area contributed by atoms with E-state index in [4.69, 9.17) is 5.11 Å². The topological polar surface area (TPSA) is 84.2 Å². The van der Waals surface area contributed by atoms with Gasteiger partial charge in [0.15, 0.2) is 0 Å². The molecule has 0 saturated heterocycles. The predicted octanol–water partition coefficient (Wildman–Crippen LogP) is 3.89. The Morgan fingerprint density at radius 2 is 1.88 bits per heavy atom. The summed E-state index contributed by atoms with van der Waals surface area (Å²) in [5.74, 6) is -1.03. The molecule has 0 fully saturated rings. The number of carbonyl (C=O) groups excluding carboxylic acids is 1. The van der Waals surface area contributed by atoms with Gasteiger partial charge < -0.3 is 10.4 Å². The third-order valence-corrected chi connectivity index (χ3v) is 4.21. The molecular weight excluding hydrogens is 330 g/mol. The fourth-order valence-electron chi connectivity index (χ4n) is 2.82. The number of carboxylic acids is 1. The summed E-state index contributed by atoms with van der Waals surface area (Å²) in [6.07, 6.45) is 2.70. The molecule has 0 aliphatic heterocycles. The third kappa shape index (κ3) is 3.91. The van der Waals surface area contributed by atoms with Crippen LogP contribution in [0.1, 0.15) is 42.2 Å². The highest BCUT2D eigenvalue weighted by Gasteiger charge is 2.09. The lowest BCUT2D eigenvalue weighted by atomic mass is 10.1. The first-order valence-corrected chi connectivity index (χ1v) is 8.53. The second-order valence-electron chi connectivity index (χ2n) is 6.51. The maximum atomic E-state index is 12.2. The van der Waals surface area contributed by atoms with E-state index in [1.807, 2.05) is 29.1 Å². The van der Waals surface area contributed by atoms with Gasteiger partial charge in [-0.25, -0.2) is 4.79 Å². The summed E-state index contributed by atoms with van der Waals surface area (Å²) in [7, 11) is 0. The molecule has 1 aromatic heterocycles. The summed E-state index contributed by atoms with van der Waals surface area (Å²) < 4.78 is 1.93. The minimum Gasteiger partial charge on any atom is -0.478 e. The monoisotopic (exact) mass is 351 g/mol. The number of hydrogen-bond acceptors (Lipinski definition) is 3. The maximum Gasteiger partial charge on any atom is 0.335 e. The van der Waals surface area contributed by atoms with Crippen molar-refractivity contribution < 1.29 is 14.7 Å². The summed E-state index contributed by atoms with van der Waals surface area (Å²) in [4.78, 5) is 23.1. The molecule has 2 N–H and O–H groups in total. The van der Waals surface area contributed by atoms with Gasteiger partial charge in [0.2, 0.25) is 5.91 Å². The number of aryl methyl sites for hydroxylation is 1. The zero-order valence-electron chi connectivity index (χ0n) is 14.8. The molecule has 0 bridgehead atoms. The molecule has 1 heterocycles. The van der Waals surface area contributed by atoms with Gasteiger partial charge in [-0.05, 0) is 56.2 Å². The predicted molar refractivity (Wildman–Crippen MR) is 100 cm³/mol. The van der Waals surface area contributed by atoms with Gasteiger partial charge in [-0.3, -0.25) is 9.48 Å². The van der Waals surface area contributed by atoms with Crippen LogP contribution in [0.3, 0.4) is 0 Å². The molecule has 134 valence electrons. The molecule has 0 saturated carbocycles. The van der Waals surface area contributed by atoms with E-state index < -0.39 is 5.97 Å². The molecule has 6 heteroatoms. The van der Waals surface area contributed by atoms with Crippen molar-refractivity contribution in [3.8, 4) is 0 Å². The number of aromatic nitrogens is 2. The molecule has 0 radical (unpaired) electrons. The van der Waals surface area contributed by atoms with Crippen LogP contribution >= 0.6 is 0 Å². The highest BCUT2D eigenvalue weighted by Crippen LogP contribution is 2.22. The van der Waals surface area contributed by atoms with Crippen LogP contribution in [0.25, 0.3) is 10.9 Å². The molecule has 0 unspecified atom stereocenters. The van der Waals surface area contributed by atoms with Gasteiger partial charge in [-0.1, -0.05) is 12.1 Å². The van der Waals surface area contributed by atoms with Crippen molar-refractivity contribution in [1.82, 2.24) is 9.78 Å². The number of nitrogens with one attached hydrogen (secondary N) is 1. The fraction of sp³-hybridized carbons (Fsp3) is 0.250. The van der Waals surface area contributed by atoms with Crippen LogP contribution in [0.5, 0.6) is 0 Å². The van der Waals surface area contributed by atoms with Gasteiger partial charge in [-0.2, -0.15) is 5.10 Å². The number of carbonyl (C=O) groups is 2. The number of nitrogens with zero attached hydrogens (tertiary/aromatic N) is 2. The first kappa shape index (κ1) is 17.7. The van der Waals surface area contributed by atoms with Crippen LogP contribution in [0.15, 0.2) is 48.7 Å². The lowest BCUT2D eigenvalue weighted by molar-refractivity contribution is -0.116. The SMILES string of the molecule is CC(C)n1ncc2ccc(NC(=O)CCc3ccc(C(=O)O)cc3)cc21. The van der Waals surface area contributed by atoms with E-state index in [1.54, 1.807) is 24.3 Å². The lowest BCUT2D eigenvalue weighted by Gasteiger charge is -2.09. The molecule has 1 amide bonds. The zero-order valence-corrected chi connectivity index (χ0v) is 14.8. The van der Waals surface area contributed by atoms with E-state index in [1.165, 1.54) is 0 Å². The van der Waals surface area contributed by atoms with Crippen molar-refractivity contribution in [2.24, 2.45) is 0 Å². The Hall–Kier alpha value is -3.15. The molecule has 6 nitrogen and oxygen atoms in total. The Labute approximate surface area is 151 Å². The van der Waals surface area contributed by atoms with Gasteiger partial charge in [0.05, 0.1) is 17.3 Å². The third-order valence-electron chi connectivity index (χ3n) is 4.21. The Morgan fingerprint density at radius 3 is 2.54 bits per heavy atom. The van der Waals surface area contributed by atoms with Crippen molar-refractivity contribution in [3.63, 3.8) is 0 Å². The number of aromatic carboxylic acids is 1. The first-order valence-electron chi connectivity index (χ1n) is 8.53. The highest BCUT2D eigenvalue weighted by molar-refractivity contribution is 5.93. The quantitative estimate of drug-likeness (QED) is 0.706. The van der Waals surface area contributed by atoms with E-state index in [0.29, 0.717) is 12.8 Å². The number of rotatable bonds is 6. The average Bonchev–Trinajstić information content (AvgIpc) is 3.04. The maximum absolute atomic E-state index is 12.2. The molecule has 0 atom stereocenters. The molecule has 3 aromatic rings. The Balaban J connectivity index is 1.63. The van der Waals surface area contributed by atoms with Crippen LogP contribution < -0.4 is 5.32 Å². The van der Waals surface area contributed by atoms with Gasteiger partial charge in [0.25, 0.3) is 0 Å². The Kier molecular flexibility index (Phi) is 5.02. The fourth-order valence-corrected chi connectivity index (χ4v) is 2.82. The van der Waals surface area contributed by atoms with E-state index in [9.17, 15) is 9.59 Å². The number of benzene rings is 2. The molecule has 0 aliphatic carbocycles. The molecular formula is C20H21N3O3. The Bertz CT molecular complexity index is 943. The highest BCUT2D eigenvalue weighted by atomic mass is 16.4. The van der Waals surface area contributed by atoms with Gasteiger partial charge >= 0.3 is 5.97 Å². The second-order valence-corrected chi connectivity index (χ2v) is 6.51. The van der Waals surface area contributed by atoms with Crippen LogP contribution in [-0.2, 0) is 11.2 Å². The standard InChI is InChI=1S/C20H21N3O3/c1-13(2)23-18-11-17(9-8-16(18)12-21-23)22-19(24)10-5-14-3-6-15(7-4-14)20(25)26/h3-4,6-9,11-13H,5,10H2,1-2H3,(H,22,24)(H,25,26). The van der Waals surface area contributed by atoms with E-state index in [-0.39, 0.29) is 17.5 Å². The normalized spacial score (nSPS) is 11.0. The van der Waals surface area contributed by atoms with E-state index >= 15 is 0 Å². The van der Waals surface area contributed by atoms with Crippen molar-refractivity contribution in [2.45, 2.75) is 32.7 Å². The Morgan fingerprint density at radius 1 is 1.15 bits per heavy atom. The van der Waals surface area contributed by atoms with E-state index in [2.05, 4.69) is 24.3 Å². The smallest absolute Gasteiger partial charge is 0.335 e. The molecule has 26 heavy (non-hydrogen) atoms. The minimum absolute atomic E-state index is 0.0812. The summed E-state index contributed by atoms with van der Waals surface area (Å²) in [6, 6.07) is 12.6. The molecule has 3 rings (SSSR count). The van der Waals surface area contributed by atoms with Gasteiger partial charge in [-0.15, -0.1) is 0 Å². The number of anilines is 1. The summed E-state index contributed by atoms with van der Waals surface area (Å²) in [5, 5.41) is 17.2. The largest absolute Gasteiger partial charge is 0.478 e. The van der Waals surface area contributed by atoms with Crippen LogP contribution in [0.2, 0.25) is 0 Å².